The summed E-state index contributed by atoms with van der Waals surface area (Å²) in [4.78, 5) is 27.8. The summed E-state index contributed by atoms with van der Waals surface area (Å²) in [7, 11) is 1.79. The number of ether oxygens (including phenoxy) is 2. The van der Waals surface area contributed by atoms with Gasteiger partial charge in [0.05, 0.1) is 19.2 Å². The number of aromatic nitrogens is 2. The molecule has 0 bridgehead atoms. The van der Waals surface area contributed by atoms with Crippen LogP contribution in [0.25, 0.3) is 0 Å². The Balaban J connectivity index is 1.48. The fourth-order valence-electron chi connectivity index (χ4n) is 5.68. The first kappa shape index (κ1) is 30.3. The number of nitrogens with one attached hydrogen (secondary N) is 1. The number of carbonyl (C=O) groups is 2. The second-order valence-corrected chi connectivity index (χ2v) is 11.3. The molecule has 0 spiro atoms. The molecule has 2 aliphatic rings. The van der Waals surface area contributed by atoms with Gasteiger partial charge in [-0.1, -0.05) is 18.7 Å². The van der Waals surface area contributed by atoms with E-state index in [-0.39, 0.29) is 23.7 Å². The Bertz CT molecular complexity index is 1570. The lowest BCUT2D eigenvalue weighted by molar-refractivity contribution is -0.451. The summed E-state index contributed by atoms with van der Waals surface area (Å²) in [6, 6.07) is 10.6. The van der Waals surface area contributed by atoms with Crippen LogP contribution in [-0.2, 0) is 16.6 Å². The Kier molecular flexibility index (Phi) is 9.17. The fourth-order valence-corrected chi connectivity index (χ4v) is 5.68. The van der Waals surface area contributed by atoms with Gasteiger partial charge in [-0.25, -0.2) is 9.18 Å². The maximum absolute atomic E-state index is 14.8. The van der Waals surface area contributed by atoms with Gasteiger partial charge in [0.1, 0.15) is 17.7 Å². The van der Waals surface area contributed by atoms with Crippen LogP contribution in [0.3, 0.4) is 0 Å². The van der Waals surface area contributed by atoms with E-state index in [4.69, 9.17) is 9.47 Å². The molecule has 0 saturated carbocycles. The van der Waals surface area contributed by atoms with Gasteiger partial charge in [-0.3, -0.25) is 14.4 Å². The van der Waals surface area contributed by atoms with Crippen LogP contribution >= 0.6 is 0 Å². The van der Waals surface area contributed by atoms with Gasteiger partial charge in [-0.15, -0.1) is 0 Å². The summed E-state index contributed by atoms with van der Waals surface area (Å²) < 4.78 is 31.0. The normalized spacial score (nSPS) is 18.0. The summed E-state index contributed by atoms with van der Waals surface area (Å²) in [5, 5.41) is 7.13. The van der Waals surface area contributed by atoms with Gasteiger partial charge in [0.25, 0.3) is 5.91 Å². The van der Waals surface area contributed by atoms with Crippen LogP contribution in [0.5, 0.6) is 5.75 Å². The Hall–Kier alpha value is -4.15. The molecule has 2 atom stereocenters. The summed E-state index contributed by atoms with van der Waals surface area (Å²) in [5.74, 6) is 0.388. The van der Waals surface area contributed by atoms with E-state index in [0.717, 1.165) is 29.7 Å². The third-order valence-electron chi connectivity index (χ3n) is 8.09. The van der Waals surface area contributed by atoms with Crippen LogP contribution in [0.2, 0.25) is 0 Å². The van der Waals surface area contributed by atoms with Crippen LogP contribution in [0.1, 0.15) is 64.6 Å². The van der Waals surface area contributed by atoms with E-state index in [9.17, 15) is 14.0 Å². The molecule has 9 nitrogen and oxygen atoms in total. The van der Waals surface area contributed by atoms with Crippen LogP contribution in [0.4, 0.5) is 10.2 Å². The summed E-state index contributed by atoms with van der Waals surface area (Å²) in [6.07, 6.45) is 4.06. The van der Waals surface area contributed by atoms with Crippen molar-refractivity contribution in [2.45, 2.75) is 45.8 Å². The molecule has 1 N–H and O–H groups in total. The van der Waals surface area contributed by atoms with Crippen molar-refractivity contribution in [3.05, 3.63) is 88.9 Å². The Morgan fingerprint density at radius 3 is 2.70 bits per heavy atom. The number of nitrogens with zero attached hydrogens (tertiary/aromatic N) is 4. The first-order chi connectivity index (χ1) is 20.6. The third-order valence-corrected chi connectivity index (χ3v) is 8.09. The third kappa shape index (κ3) is 6.92. The van der Waals surface area contributed by atoms with Gasteiger partial charge in [-0.2, -0.15) is 9.67 Å². The van der Waals surface area contributed by atoms with Crippen molar-refractivity contribution in [1.82, 2.24) is 14.7 Å². The maximum atomic E-state index is 14.8. The number of rotatable bonds is 9. The Morgan fingerprint density at radius 2 is 2.05 bits per heavy atom. The molecule has 10 heteroatoms. The van der Waals surface area contributed by atoms with E-state index < -0.39 is 6.10 Å². The van der Waals surface area contributed by atoms with Crippen molar-refractivity contribution >= 4 is 23.3 Å². The van der Waals surface area contributed by atoms with Gasteiger partial charge < -0.3 is 14.8 Å². The first-order valence-corrected chi connectivity index (χ1v) is 14.6. The van der Waals surface area contributed by atoms with Crippen LogP contribution < -0.4 is 10.1 Å². The van der Waals surface area contributed by atoms with Crippen molar-refractivity contribution in [1.29, 1.82) is 0 Å². The zero-order chi connectivity index (χ0) is 30.7. The second kappa shape index (κ2) is 13.0. The van der Waals surface area contributed by atoms with Crippen molar-refractivity contribution in [2.75, 3.05) is 38.1 Å². The molecule has 2 aliphatic heterocycles. The molecule has 3 heterocycles. The van der Waals surface area contributed by atoms with Crippen LogP contribution in [0.15, 0.2) is 55.3 Å². The van der Waals surface area contributed by atoms with E-state index in [1.807, 2.05) is 32.0 Å². The molecule has 5 rings (SSSR count). The number of aryl methyl sites for hydroxylation is 3. The van der Waals surface area contributed by atoms with Crippen molar-refractivity contribution in [2.24, 2.45) is 7.05 Å². The molecule has 0 aliphatic carbocycles. The molecule has 1 fully saturated rings. The van der Waals surface area contributed by atoms with E-state index >= 15 is 0 Å². The summed E-state index contributed by atoms with van der Waals surface area (Å²) >= 11 is 0. The SMILES string of the molecule is C=CC(=O)[N+]1=C(C)CN(C[C@@H](Oc2cc(C)c(C(=O)Nc3ccn(C)n3)cc2[C@H]2CCCO2)c2ccc(C)c(F)c2)CC1. The molecule has 2 aromatic carbocycles. The lowest BCUT2D eigenvalue weighted by Crippen LogP contribution is -2.47. The number of benzene rings is 2. The van der Waals surface area contributed by atoms with E-state index in [1.54, 1.807) is 41.6 Å². The van der Waals surface area contributed by atoms with E-state index in [2.05, 4.69) is 21.9 Å². The van der Waals surface area contributed by atoms with Crippen LogP contribution in [-0.4, -0.2) is 69.6 Å². The quantitative estimate of drug-likeness (QED) is 0.283. The lowest BCUT2D eigenvalue weighted by atomic mass is 9.98. The average Bonchev–Trinajstić information content (AvgIpc) is 3.66. The number of anilines is 1. The highest BCUT2D eigenvalue weighted by molar-refractivity contribution is 6.05. The molecule has 1 aromatic heterocycles. The van der Waals surface area contributed by atoms with Gasteiger partial charge in [-0.05, 0) is 61.6 Å². The van der Waals surface area contributed by atoms with Gasteiger partial charge >= 0.3 is 5.91 Å². The van der Waals surface area contributed by atoms with Gasteiger partial charge in [0.15, 0.2) is 18.1 Å². The molecule has 43 heavy (non-hydrogen) atoms. The molecule has 226 valence electrons. The molecule has 0 radical (unpaired) electrons. The molecule has 3 aromatic rings. The predicted molar refractivity (Wildman–Crippen MR) is 162 cm³/mol. The minimum absolute atomic E-state index is 0.116. The minimum Gasteiger partial charge on any atom is -0.484 e. The summed E-state index contributed by atoms with van der Waals surface area (Å²) in [5.41, 5.74) is 4.22. The number of carbonyl (C=O) groups excluding carboxylic acids is 2. The second-order valence-electron chi connectivity index (χ2n) is 11.3. The Labute approximate surface area is 251 Å². The van der Waals surface area contributed by atoms with Crippen LogP contribution in [0, 0.1) is 19.7 Å². The van der Waals surface area contributed by atoms with Crippen molar-refractivity contribution in [3.8, 4) is 5.75 Å². The molecular weight excluding hydrogens is 549 g/mol. The summed E-state index contributed by atoms with van der Waals surface area (Å²) in [6.45, 7) is 12.0. The zero-order valence-corrected chi connectivity index (χ0v) is 25.2. The number of amides is 2. The molecular formula is C33H39FN5O4+. The average molecular weight is 589 g/mol. The maximum Gasteiger partial charge on any atom is 0.411 e. The highest BCUT2D eigenvalue weighted by atomic mass is 19.1. The molecule has 2 amide bonds. The highest BCUT2D eigenvalue weighted by Gasteiger charge is 2.31. The Morgan fingerprint density at radius 1 is 1.23 bits per heavy atom. The van der Waals surface area contributed by atoms with E-state index in [1.165, 1.54) is 12.1 Å². The van der Waals surface area contributed by atoms with E-state index in [0.29, 0.717) is 61.0 Å². The standard InChI is InChI=1S/C33H38FN5O4/c1-6-32(40)39-14-13-38(19-23(39)4)20-30(24-10-9-21(2)27(34)17-24)43-29-16-22(3)25(18-26(29)28-8-7-15-42-28)33(41)35-31-11-12-37(5)36-31/h6,9-12,16-18,28,30H,1,7-8,13-15,19-20H2,2-5H3/p+1/t28-,30-/m1/s1. The predicted octanol–water partition coefficient (Wildman–Crippen LogP) is 4.90. The topological polar surface area (TPSA) is 88.7 Å². The zero-order valence-electron chi connectivity index (χ0n) is 25.2. The highest BCUT2D eigenvalue weighted by Crippen LogP contribution is 2.39. The number of hydrogen-bond acceptors (Lipinski definition) is 6. The fraction of sp³-hybridized carbons (Fsp3) is 0.394. The van der Waals surface area contributed by atoms with Crippen molar-refractivity contribution < 1.29 is 28.0 Å². The monoisotopic (exact) mass is 588 g/mol. The molecule has 0 unspecified atom stereocenters. The smallest absolute Gasteiger partial charge is 0.411 e. The number of hydrogen-bond donors (Lipinski definition) is 1. The lowest BCUT2D eigenvalue weighted by Gasteiger charge is -2.30. The van der Waals surface area contributed by atoms with Gasteiger partial charge in [0.2, 0.25) is 0 Å². The first-order valence-electron chi connectivity index (χ1n) is 14.6. The molecule has 1 saturated heterocycles. The van der Waals surface area contributed by atoms with Gasteiger partial charge in [0, 0.05) is 56.6 Å². The minimum atomic E-state index is -0.516. The largest absolute Gasteiger partial charge is 0.484 e. The van der Waals surface area contributed by atoms with Crippen molar-refractivity contribution in [3.63, 3.8) is 0 Å². The number of halogens is 1.